The minimum absolute atomic E-state index is 0.260. The highest BCUT2D eigenvalue weighted by atomic mass is 15.2. The lowest BCUT2D eigenvalue weighted by Crippen LogP contribution is -2.30. The zero-order valence-electron chi connectivity index (χ0n) is 11.3. The molecule has 0 aromatic heterocycles. The first-order valence-corrected chi connectivity index (χ1v) is 6.70. The second-order valence-corrected chi connectivity index (χ2v) is 5.56. The second kappa shape index (κ2) is 5.53. The van der Waals surface area contributed by atoms with Crippen molar-refractivity contribution in [1.29, 1.82) is 5.41 Å². The smallest absolute Gasteiger partial charge is 0.0924 e. The number of amidine groups is 1. The van der Waals surface area contributed by atoms with Crippen molar-refractivity contribution in [3.05, 3.63) is 35.9 Å². The molecule has 3 nitrogen and oxygen atoms in total. The van der Waals surface area contributed by atoms with Crippen molar-refractivity contribution in [3.63, 3.8) is 0 Å². The van der Waals surface area contributed by atoms with E-state index < -0.39 is 0 Å². The maximum atomic E-state index is 7.59. The third-order valence-corrected chi connectivity index (χ3v) is 4.05. The van der Waals surface area contributed by atoms with Crippen LogP contribution in [0.3, 0.4) is 0 Å². The van der Waals surface area contributed by atoms with Crippen molar-refractivity contribution < 1.29 is 0 Å². The molecule has 0 aliphatic carbocycles. The summed E-state index contributed by atoms with van der Waals surface area (Å²) >= 11 is 0. The van der Waals surface area contributed by atoms with Gasteiger partial charge >= 0.3 is 0 Å². The lowest BCUT2D eigenvalue weighted by atomic mass is 10.0. The zero-order valence-corrected chi connectivity index (χ0v) is 11.3. The molecule has 1 aromatic rings. The molecule has 0 spiro atoms. The van der Waals surface area contributed by atoms with E-state index in [2.05, 4.69) is 43.0 Å². The van der Waals surface area contributed by atoms with E-state index in [1.165, 1.54) is 5.56 Å². The highest BCUT2D eigenvalue weighted by Crippen LogP contribution is 2.32. The van der Waals surface area contributed by atoms with Crippen LogP contribution in [0.25, 0.3) is 0 Å². The standard InChI is InChI=1S/C15H23N3/c1-11-9-18(10-12(11)2)14(8-15(16)17)13-6-4-3-5-7-13/h3-7,11-12,14H,8-10H2,1-2H3,(H3,16,17). The Balaban J connectivity index is 2.18. The maximum absolute atomic E-state index is 7.59. The van der Waals surface area contributed by atoms with Crippen LogP contribution in [0.2, 0.25) is 0 Å². The molecule has 0 saturated carbocycles. The van der Waals surface area contributed by atoms with Crippen molar-refractivity contribution in [2.24, 2.45) is 17.6 Å². The Hall–Kier alpha value is -1.35. The summed E-state index contributed by atoms with van der Waals surface area (Å²) in [5, 5.41) is 7.59. The molecular formula is C15H23N3. The summed E-state index contributed by atoms with van der Waals surface area (Å²) in [5.74, 6) is 1.72. The van der Waals surface area contributed by atoms with Gasteiger partial charge in [0, 0.05) is 25.6 Å². The Kier molecular flexibility index (Phi) is 4.02. The number of hydrogen-bond acceptors (Lipinski definition) is 2. The second-order valence-electron chi connectivity index (χ2n) is 5.56. The number of nitrogens with zero attached hydrogens (tertiary/aromatic N) is 1. The lowest BCUT2D eigenvalue weighted by molar-refractivity contribution is 0.239. The van der Waals surface area contributed by atoms with Crippen LogP contribution in [0.5, 0.6) is 0 Å². The van der Waals surface area contributed by atoms with E-state index in [0.29, 0.717) is 6.42 Å². The third kappa shape index (κ3) is 2.91. The number of hydrogen-bond donors (Lipinski definition) is 2. The van der Waals surface area contributed by atoms with E-state index in [-0.39, 0.29) is 11.9 Å². The first kappa shape index (κ1) is 13.1. The summed E-state index contributed by atoms with van der Waals surface area (Å²) in [4.78, 5) is 2.48. The molecule has 18 heavy (non-hydrogen) atoms. The fourth-order valence-electron chi connectivity index (χ4n) is 2.77. The minimum atomic E-state index is 0.260. The summed E-state index contributed by atoms with van der Waals surface area (Å²) in [5.41, 5.74) is 6.90. The summed E-state index contributed by atoms with van der Waals surface area (Å²) in [6, 6.07) is 10.7. The van der Waals surface area contributed by atoms with Crippen molar-refractivity contribution in [3.8, 4) is 0 Å². The molecule has 98 valence electrons. The van der Waals surface area contributed by atoms with Crippen LogP contribution in [0.1, 0.15) is 31.9 Å². The normalized spacial score (nSPS) is 26.1. The molecule has 0 bridgehead atoms. The molecule has 2 rings (SSSR count). The van der Waals surface area contributed by atoms with Gasteiger partial charge in [-0.1, -0.05) is 44.2 Å². The molecule has 1 aromatic carbocycles. The molecule has 3 N–H and O–H groups in total. The van der Waals surface area contributed by atoms with E-state index in [1.54, 1.807) is 0 Å². The molecule has 1 aliphatic heterocycles. The predicted octanol–water partition coefficient (Wildman–Crippen LogP) is 2.64. The summed E-state index contributed by atoms with van der Waals surface area (Å²) in [7, 11) is 0. The molecule has 3 unspecified atom stereocenters. The lowest BCUT2D eigenvalue weighted by Gasteiger charge is -2.28. The molecule has 1 heterocycles. The first-order valence-electron chi connectivity index (χ1n) is 6.70. The molecular weight excluding hydrogens is 222 g/mol. The number of nitrogens with two attached hydrogens (primary N) is 1. The molecule has 1 aliphatic rings. The van der Waals surface area contributed by atoms with Crippen molar-refractivity contribution in [2.45, 2.75) is 26.3 Å². The molecule has 0 radical (unpaired) electrons. The Labute approximate surface area is 109 Å². The summed E-state index contributed by atoms with van der Waals surface area (Å²) < 4.78 is 0. The van der Waals surface area contributed by atoms with Gasteiger partial charge in [0.2, 0.25) is 0 Å². The van der Waals surface area contributed by atoms with Gasteiger partial charge in [0.25, 0.3) is 0 Å². The maximum Gasteiger partial charge on any atom is 0.0924 e. The van der Waals surface area contributed by atoms with E-state index in [1.807, 2.05) is 6.07 Å². The van der Waals surface area contributed by atoms with Crippen LogP contribution >= 0.6 is 0 Å². The van der Waals surface area contributed by atoms with E-state index in [9.17, 15) is 0 Å². The largest absolute Gasteiger partial charge is 0.388 e. The monoisotopic (exact) mass is 245 g/mol. The van der Waals surface area contributed by atoms with Gasteiger partial charge in [0.1, 0.15) is 0 Å². The van der Waals surface area contributed by atoms with Crippen molar-refractivity contribution in [1.82, 2.24) is 4.90 Å². The van der Waals surface area contributed by atoms with Crippen LogP contribution in [0.4, 0.5) is 0 Å². The number of rotatable bonds is 4. The summed E-state index contributed by atoms with van der Waals surface area (Å²) in [6.07, 6.45) is 0.628. The Morgan fingerprint density at radius 2 is 1.83 bits per heavy atom. The molecule has 0 amide bonds. The Morgan fingerprint density at radius 1 is 1.28 bits per heavy atom. The van der Waals surface area contributed by atoms with Gasteiger partial charge in [-0.2, -0.15) is 0 Å². The topological polar surface area (TPSA) is 53.1 Å². The molecule has 3 heteroatoms. The van der Waals surface area contributed by atoms with Gasteiger partial charge in [-0.05, 0) is 17.4 Å². The summed E-state index contributed by atoms with van der Waals surface area (Å²) in [6.45, 7) is 6.82. The fourth-order valence-corrected chi connectivity index (χ4v) is 2.77. The van der Waals surface area contributed by atoms with Crippen LogP contribution in [-0.2, 0) is 0 Å². The van der Waals surface area contributed by atoms with Gasteiger partial charge in [-0.15, -0.1) is 0 Å². The Morgan fingerprint density at radius 3 is 2.33 bits per heavy atom. The minimum Gasteiger partial charge on any atom is -0.388 e. The van der Waals surface area contributed by atoms with Gasteiger partial charge in [-0.3, -0.25) is 10.3 Å². The quantitative estimate of drug-likeness (QED) is 0.633. The van der Waals surface area contributed by atoms with E-state index in [4.69, 9.17) is 11.1 Å². The molecule has 1 fully saturated rings. The van der Waals surface area contributed by atoms with Gasteiger partial charge in [0.15, 0.2) is 0 Å². The van der Waals surface area contributed by atoms with Crippen molar-refractivity contribution in [2.75, 3.05) is 13.1 Å². The Bertz CT molecular complexity index is 391. The van der Waals surface area contributed by atoms with Crippen LogP contribution in [0, 0.1) is 17.2 Å². The highest BCUT2D eigenvalue weighted by molar-refractivity contribution is 5.77. The SMILES string of the molecule is CC1CN(C(CC(=N)N)c2ccccc2)CC1C. The van der Waals surface area contributed by atoms with Crippen LogP contribution < -0.4 is 5.73 Å². The third-order valence-electron chi connectivity index (χ3n) is 4.05. The predicted molar refractivity (Wildman–Crippen MR) is 75.6 cm³/mol. The average molecular weight is 245 g/mol. The number of benzene rings is 1. The first-order chi connectivity index (χ1) is 8.58. The van der Waals surface area contributed by atoms with Gasteiger partial charge in [-0.25, -0.2) is 0 Å². The van der Waals surface area contributed by atoms with E-state index >= 15 is 0 Å². The van der Waals surface area contributed by atoms with Crippen LogP contribution in [-0.4, -0.2) is 23.8 Å². The van der Waals surface area contributed by atoms with Gasteiger partial charge in [0.05, 0.1) is 5.84 Å². The number of nitrogens with one attached hydrogen (secondary N) is 1. The molecule has 3 atom stereocenters. The number of likely N-dealkylation sites (tertiary alicyclic amines) is 1. The average Bonchev–Trinajstić information content (AvgIpc) is 2.67. The van der Waals surface area contributed by atoms with Crippen molar-refractivity contribution >= 4 is 5.84 Å². The van der Waals surface area contributed by atoms with Crippen LogP contribution in [0.15, 0.2) is 30.3 Å². The van der Waals surface area contributed by atoms with E-state index in [0.717, 1.165) is 24.9 Å². The zero-order chi connectivity index (χ0) is 13.1. The highest BCUT2D eigenvalue weighted by Gasteiger charge is 2.31. The fraction of sp³-hybridized carbons (Fsp3) is 0.533. The van der Waals surface area contributed by atoms with Gasteiger partial charge < -0.3 is 5.73 Å². The molecule has 1 saturated heterocycles.